The first-order valence-corrected chi connectivity index (χ1v) is 3.06. The van der Waals surface area contributed by atoms with Gasteiger partial charge in [-0.1, -0.05) is 0 Å². The maximum absolute atomic E-state index is 12.1. The molecule has 0 heterocycles. The van der Waals surface area contributed by atoms with Crippen molar-refractivity contribution in [2.75, 3.05) is 0 Å². The minimum atomic E-state index is -4.83. The van der Waals surface area contributed by atoms with Crippen LogP contribution >= 0.6 is 0 Å². The lowest BCUT2D eigenvalue weighted by molar-refractivity contribution is -0.0808. The standard InChI is InChI=1S/C6H5F7/c7-3(4(8)5(9)10)1-2-6(11,12)13/h1-5H. The Morgan fingerprint density at radius 2 is 1.38 bits per heavy atom. The Labute approximate surface area is 69.0 Å². The van der Waals surface area contributed by atoms with Crippen LogP contribution in [-0.2, 0) is 0 Å². The largest absolute Gasteiger partial charge is 0.409 e. The fourth-order valence-electron chi connectivity index (χ4n) is 0.446. The van der Waals surface area contributed by atoms with Crippen LogP contribution in [0.2, 0.25) is 0 Å². The van der Waals surface area contributed by atoms with Crippen LogP contribution in [0.1, 0.15) is 0 Å². The summed E-state index contributed by atoms with van der Waals surface area (Å²) in [7, 11) is 0. The first-order chi connectivity index (χ1) is 5.74. The Kier molecular flexibility index (Phi) is 4.22. The minimum absolute atomic E-state index is 0.281. The molecule has 0 N–H and O–H groups in total. The summed E-state index contributed by atoms with van der Waals surface area (Å²) in [5.41, 5.74) is 0. The lowest BCUT2D eigenvalue weighted by Gasteiger charge is -2.08. The van der Waals surface area contributed by atoms with E-state index in [1.54, 1.807) is 0 Å². The fourth-order valence-corrected chi connectivity index (χ4v) is 0.446. The van der Waals surface area contributed by atoms with Crippen molar-refractivity contribution in [1.82, 2.24) is 0 Å². The summed E-state index contributed by atoms with van der Waals surface area (Å²) in [6.07, 6.45) is -15.5. The van der Waals surface area contributed by atoms with Gasteiger partial charge >= 0.3 is 6.18 Å². The molecular weight excluding hydrogens is 205 g/mol. The zero-order valence-corrected chi connectivity index (χ0v) is 6.03. The van der Waals surface area contributed by atoms with E-state index < -0.39 is 31.0 Å². The average molecular weight is 210 g/mol. The van der Waals surface area contributed by atoms with E-state index >= 15 is 0 Å². The van der Waals surface area contributed by atoms with Crippen LogP contribution in [0.15, 0.2) is 12.2 Å². The van der Waals surface area contributed by atoms with Crippen molar-refractivity contribution in [3.8, 4) is 0 Å². The molecule has 2 unspecified atom stereocenters. The third kappa shape index (κ3) is 5.48. The van der Waals surface area contributed by atoms with Gasteiger partial charge in [-0.05, 0) is 6.08 Å². The maximum atomic E-state index is 12.1. The number of hydrogen-bond acceptors (Lipinski definition) is 0. The Morgan fingerprint density at radius 3 is 1.69 bits per heavy atom. The minimum Gasteiger partial charge on any atom is -0.239 e. The van der Waals surface area contributed by atoms with Gasteiger partial charge in [-0.3, -0.25) is 0 Å². The molecule has 0 aliphatic carbocycles. The second kappa shape index (κ2) is 4.48. The van der Waals surface area contributed by atoms with Crippen molar-refractivity contribution < 1.29 is 30.7 Å². The summed E-state index contributed by atoms with van der Waals surface area (Å²) in [6.45, 7) is 0. The molecule has 13 heavy (non-hydrogen) atoms. The van der Waals surface area contributed by atoms with Crippen LogP contribution in [0.3, 0.4) is 0 Å². The molecule has 0 bridgehead atoms. The molecule has 0 spiro atoms. The van der Waals surface area contributed by atoms with Crippen molar-refractivity contribution in [3.63, 3.8) is 0 Å². The summed E-state index contributed by atoms with van der Waals surface area (Å²) in [5.74, 6) is 0. The van der Waals surface area contributed by atoms with Gasteiger partial charge in [0.1, 0.15) is 0 Å². The summed E-state index contributed by atoms with van der Waals surface area (Å²) >= 11 is 0. The molecule has 0 fully saturated rings. The van der Waals surface area contributed by atoms with Gasteiger partial charge in [0.15, 0.2) is 12.3 Å². The third-order valence-corrected chi connectivity index (χ3v) is 1.01. The molecule has 0 aromatic carbocycles. The Hall–Kier alpha value is -0.750. The number of rotatable bonds is 3. The van der Waals surface area contributed by atoms with Gasteiger partial charge in [0.2, 0.25) is 0 Å². The molecule has 0 aliphatic rings. The maximum Gasteiger partial charge on any atom is 0.409 e. The number of halogens is 7. The molecule has 78 valence electrons. The lowest BCUT2D eigenvalue weighted by Crippen LogP contribution is -2.23. The van der Waals surface area contributed by atoms with E-state index in [4.69, 9.17) is 0 Å². The van der Waals surface area contributed by atoms with Crippen molar-refractivity contribution in [2.24, 2.45) is 0 Å². The summed E-state index contributed by atoms with van der Waals surface area (Å²) < 4.78 is 80.8. The molecular formula is C6H5F7. The van der Waals surface area contributed by atoms with Crippen molar-refractivity contribution in [2.45, 2.75) is 24.9 Å². The van der Waals surface area contributed by atoms with E-state index in [0.29, 0.717) is 0 Å². The first kappa shape index (κ1) is 12.2. The third-order valence-electron chi connectivity index (χ3n) is 1.01. The molecule has 0 saturated carbocycles. The molecule has 0 rings (SSSR count). The van der Waals surface area contributed by atoms with Crippen molar-refractivity contribution in [3.05, 3.63) is 12.2 Å². The second-order valence-electron chi connectivity index (χ2n) is 2.12. The Balaban J connectivity index is 4.14. The SMILES string of the molecule is FC(F)C(F)C(F)C=CC(F)(F)F. The molecule has 2 atom stereocenters. The van der Waals surface area contributed by atoms with E-state index in [1.807, 2.05) is 0 Å². The van der Waals surface area contributed by atoms with Gasteiger partial charge in [0.25, 0.3) is 6.43 Å². The highest BCUT2D eigenvalue weighted by Crippen LogP contribution is 2.19. The van der Waals surface area contributed by atoms with Gasteiger partial charge in [-0.2, -0.15) is 13.2 Å². The first-order valence-electron chi connectivity index (χ1n) is 3.06. The van der Waals surface area contributed by atoms with E-state index in [9.17, 15) is 30.7 Å². The van der Waals surface area contributed by atoms with Crippen LogP contribution in [0.4, 0.5) is 30.7 Å². The Bertz CT molecular complexity index is 170. The number of hydrogen-bond donors (Lipinski definition) is 0. The molecule has 0 aromatic rings. The quantitative estimate of drug-likeness (QED) is 0.496. The van der Waals surface area contributed by atoms with Gasteiger partial charge in [0.05, 0.1) is 0 Å². The van der Waals surface area contributed by atoms with Crippen LogP contribution < -0.4 is 0 Å². The molecule has 0 radical (unpaired) electrons. The van der Waals surface area contributed by atoms with Crippen LogP contribution in [0.5, 0.6) is 0 Å². The van der Waals surface area contributed by atoms with Crippen LogP contribution in [0.25, 0.3) is 0 Å². The summed E-state index contributed by atoms with van der Waals surface area (Å²) in [5, 5.41) is 0. The number of alkyl halides is 7. The average Bonchev–Trinajstić information content (AvgIpc) is 1.97. The highest BCUT2D eigenvalue weighted by atomic mass is 19.4. The molecule has 0 aromatic heterocycles. The molecule has 0 amide bonds. The van der Waals surface area contributed by atoms with E-state index in [1.165, 1.54) is 0 Å². The molecule has 0 aliphatic heterocycles. The summed E-state index contributed by atoms with van der Waals surface area (Å²) in [6, 6.07) is 0. The molecule has 0 nitrogen and oxygen atoms in total. The predicted octanol–water partition coefficient (Wildman–Crippen LogP) is 3.05. The predicted molar refractivity (Wildman–Crippen MR) is 31.0 cm³/mol. The Morgan fingerprint density at radius 1 is 0.923 bits per heavy atom. The van der Waals surface area contributed by atoms with Gasteiger partial charge < -0.3 is 0 Å². The summed E-state index contributed by atoms with van der Waals surface area (Å²) in [4.78, 5) is 0. The van der Waals surface area contributed by atoms with Crippen LogP contribution in [-0.4, -0.2) is 24.9 Å². The normalized spacial score (nSPS) is 18.2. The molecule has 7 heteroatoms. The number of allylic oxidation sites excluding steroid dienone is 2. The zero-order chi connectivity index (χ0) is 10.6. The monoisotopic (exact) mass is 210 g/mol. The van der Waals surface area contributed by atoms with Gasteiger partial charge in [-0.15, -0.1) is 0 Å². The van der Waals surface area contributed by atoms with Gasteiger partial charge in [0, 0.05) is 6.08 Å². The van der Waals surface area contributed by atoms with E-state index in [-0.39, 0.29) is 6.08 Å². The van der Waals surface area contributed by atoms with E-state index in [2.05, 4.69) is 0 Å². The van der Waals surface area contributed by atoms with Crippen LogP contribution in [0, 0.1) is 0 Å². The highest BCUT2D eigenvalue weighted by molar-refractivity contribution is 4.97. The van der Waals surface area contributed by atoms with E-state index in [0.717, 1.165) is 0 Å². The smallest absolute Gasteiger partial charge is 0.239 e. The topological polar surface area (TPSA) is 0 Å². The van der Waals surface area contributed by atoms with Gasteiger partial charge in [-0.25, -0.2) is 17.6 Å². The second-order valence-corrected chi connectivity index (χ2v) is 2.12. The zero-order valence-electron chi connectivity index (χ0n) is 6.03. The highest BCUT2D eigenvalue weighted by Gasteiger charge is 2.30. The van der Waals surface area contributed by atoms with Crippen molar-refractivity contribution >= 4 is 0 Å². The lowest BCUT2D eigenvalue weighted by atomic mass is 10.2. The molecule has 0 saturated heterocycles. The van der Waals surface area contributed by atoms with Crippen molar-refractivity contribution in [1.29, 1.82) is 0 Å². The fraction of sp³-hybridized carbons (Fsp3) is 0.667.